The van der Waals surface area contributed by atoms with E-state index >= 15 is 0 Å². The number of hydrogen-bond acceptors (Lipinski definition) is 4. The van der Waals surface area contributed by atoms with Crippen molar-refractivity contribution >= 4 is 17.5 Å². The molecule has 1 heterocycles. The third kappa shape index (κ3) is 3.06. The van der Waals surface area contributed by atoms with E-state index in [1.165, 1.54) is 4.90 Å². The number of nitrogens with two attached hydrogens (primary N) is 2. The maximum atomic E-state index is 12.5. The number of benzene rings is 1. The lowest BCUT2D eigenvalue weighted by molar-refractivity contribution is -0.133. The highest BCUT2D eigenvalue weighted by Crippen LogP contribution is 2.39. The van der Waals surface area contributed by atoms with Crippen LogP contribution in [0.25, 0.3) is 0 Å². The first-order chi connectivity index (χ1) is 10.3. The van der Waals surface area contributed by atoms with E-state index in [0.29, 0.717) is 11.4 Å². The molecule has 0 radical (unpaired) electrons. The summed E-state index contributed by atoms with van der Waals surface area (Å²) in [5.41, 5.74) is 11.8. The molecule has 0 spiro atoms. The standard InChI is InChI=1S/C16H23N3O3/c1-4-5-11(17)10-6-7-13-12(8-10)19(9-14(18)20)15(21)16(2,3)22-13/h6-8,11H,4-5,9,17H2,1-3H3,(H2,18,20). The van der Waals surface area contributed by atoms with Gasteiger partial charge in [-0.15, -0.1) is 0 Å². The number of hydrogen-bond donors (Lipinski definition) is 2. The molecule has 1 aliphatic rings. The summed E-state index contributed by atoms with van der Waals surface area (Å²) in [4.78, 5) is 25.2. The number of carbonyl (C=O) groups excluding carboxylic acids is 2. The maximum absolute atomic E-state index is 12.5. The van der Waals surface area contributed by atoms with E-state index in [-0.39, 0.29) is 18.5 Å². The molecule has 1 aromatic carbocycles. The Kier molecular flexibility index (Phi) is 4.42. The SMILES string of the molecule is CCCC(N)c1ccc2c(c1)N(CC(N)=O)C(=O)C(C)(C)O2. The molecule has 0 fully saturated rings. The Morgan fingerprint density at radius 2 is 2.09 bits per heavy atom. The minimum absolute atomic E-state index is 0.115. The first-order valence-corrected chi connectivity index (χ1v) is 7.45. The number of rotatable bonds is 5. The largest absolute Gasteiger partial charge is 0.476 e. The molecule has 0 aliphatic carbocycles. The monoisotopic (exact) mass is 305 g/mol. The van der Waals surface area contributed by atoms with Crippen LogP contribution in [0.3, 0.4) is 0 Å². The topological polar surface area (TPSA) is 98.6 Å². The van der Waals surface area contributed by atoms with Crippen LogP contribution in [0.5, 0.6) is 5.75 Å². The normalized spacial score (nSPS) is 17.6. The van der Waals surface area contributed by atoms with Gasteiger partial charge in [0.15, 0.2) is 5.60 Å². The first-order valence-electron chi connectivity index (χ1n) is 7.45. The Labute approximate surface area is 130 Å². The van der Waals surface area contributed by atoms with Crippen LogP contribution >= 0.6 is 0 Å². The second-order valence-corrected chi connectivity index (χ2v) is 6.09. The molecule has 4 N–H and O–H groups in total. The van der Waals surface area contributed by atoms with Crippen LogP contribution in [0.15, 0.2) is 18.2 Å². The molecule has 6 nitrogen and oxygen atoms in total. The average molecular weight is 305 g/mol. The van der Waals surface area contributed by atoms with Crippen molar-refractivity contribution in [1.29, 1.82) is 0 Å². The number of fused-ring (bicyclic) bond motifs is 1. The highest BCUT2D eigenvalue weighted by atomic mass is 16.5. The highest BCUT2D eigenvalue weighted by molar-refractivity contribution is 6.05. The van der Waals surface area contributed by atoms with Gasteiger partial charge in [0.1, 0.15) is 12.3 Å². The van der Waals surface area contributed by atoms with Crippen molar-refractivity contribution in [1.82, 2.24) is 0 Å². The van der Waals surface area contributed by atoms with Crippen LogP contribution in [0.4, 0.5) is 5.69 Å². The summed E-state index contributed by atoms with van der Waals surface area (Å²) >= 11 is 0. The van der Waals surface area contributed by atoms with Gasteiger partial charge in [-0.25, -0.2) is 0 Å². The van der Waals surface area contributed by atoms with Crippen LogP contribution in [0, 0.1) is 0 Å². The molecular formula is C16H23N3O3. The second kappa shape index (κ2) is 5.96. The molecule has 120 valence electrons. The molecular weight excluding hydrogens is 282 g/mol. The average Bonchev–Trinajstić information content (AvgIpc) is 2.43. The number of amides is 2. The molecule has 0 saturated carbocycles. The molecule has 2 rings (SSSR count). The molecule has 22 heavy (non-hydrogen) atoms. The zero-order valence-electron chi connectivity index (χ0n) is 13.3. The smallest absolute Gasteiger partial charge is 0.271 e. The van der Waals surface area contributed by atoms with Gasteiger partial charge in [0.25, 0.3) is 5.91 Å². The van der Waals surface area contributed by atoms with E-state index in [0.717, 1.165) is 18.4 Å². The van der Waals surface area contributed by atoms with Crippen molar-refractivity contribution in [2.24, 2.45) is 11.5 Å². The zero-order valence-corrected chi connectivity index (χ0v) is 13.3. The quantitative estimate of drug-likeness (QED) is 0.860. The number of anilines is 1. The minimum Gasteiger partial charge on any atom is -0.476 e. The third-order valence-corrected chi connectivity index (χ3v) is 3.74. The maximum Gasteiger partial charge on any atom is 0.271 e. The van der Waals surface area contributed by atoms with Crippen molar-refractivity contribution < 1.29 is 14.3 Å². The van der Waals surface area contributed by atoms with Crippen molar-refractivity contribution in [2.45, 2.75) is 45.3 Å². The Hall–Kier alpha value is -2.08. The van der Waals surface area contributed by atoms with Crippen LogP contribution in [-0.4, -0.2) is 24.0 Å². The summed E-state index contributed by atoms with van der Waals surface area (Å²) in [5.74, 6) is -0.307. The van der Waals surface area contributed by atoms with E-state index in [2.05, 4.69) is 6.92 Å². The lowest BCUT2D eigenvalue weighted by atomic mass is 9.99. The van der Waals surface area contributed by atoms with Gasteiger partial charge in [-0.05, 0) is 38.0 Å². The zero-order chi connectivity index (χ0) is 16.5. The van der Waals surface area contributed by atoms with E-state index in [4.69, 9.17) is 16.2 Å². The first kappa shape index (κ1) is 16.3. The molecule has 1 atom stereocenters. The van der Waals surface area contributed by atoms with Crippen molar-refractivity contribution in [3.05, 3.63) is 23.8 Å². The fraction of sp³-hybridized carbons (Fsp3) is 0.500. The predicted molar refractivity (Wildman–Crippen MR) is 84.5 cm³/mol. The van der Waals surface area contributed by atoms with Crippen molar-refractivity contribution in [3.63, 3.8) is 0 Å². The number of primary amides is 1. The molecule has 0 bridgehead atoms. The lowest BCUT2D eigenvalue weighted by Gasteiger charge is -2.38. The summed E-state index contributed by atoms with van der Waals surface area (Å²) < 4.78 is 5.75. The van der Waals surface area contributed by atoms with Gasteiger partial charge < -0.3 is 16.2 Å². The van der Waals surface area contributed by atoms with Gasteiger partial charge in [0.2, 0.25) is 5.91 Å². The molecule has 2 amide bonds. The van der Waals surface area contributed by atoms with Crippen LogP contribution in [-0.2, 0) is 9.59 Å². The third-order valence-electron chi connectivity index (χ3n) is 3.74. The van der Waals surface area contributed by atoms with E-state index < -0.39 is 11.5 Å². The van der Waals surface area contributed by atoms with Gasteiger partial charge in [0, 0.05) is 6.04 Å². The molecule has 0 saturated heterocycles. The van der Waals surface area contributed by atoms with E-state index in [9.17, 15) is 9.59 Å². The minimum atomic E-state index is -1.03. The molecule has 1 aromatic rings. The Bertz CT molecular complexity index is 598. The summed E-state index contributed by atoms with van der Waals surface area (Å²) in [5, 5.41) is 0. The summed E-state index contributed by atoms with van der Waals surface area (Å²) in [6.07, 6.45) is 1.81. The predicted octanol–water partition coefficient (Wildman–Crippen LogP) is 1.48. The number of ether oxygens (including phenoxy) is 1. The molecule has 0 aromatic heterocycles. The van der Waals surface area contributed by atoms with Crippen molar-refractivity contribution in [3.8, 4) is 5.75 Å². The summed E-state index contributed by atoms with van der Waals surface area (Å²) in [6, 6.07) is 5.39. The Morgan fingerprint density at radius 1 is 1.41 bits per heavy atom. The van der Waals surface area contributed by atoms with Crippen molar-refractivity contribution in [2.75, 3.05) is 11.4 Å². The second-order valence-electron chi connectivity index (χ2n) is 6.09. The summed E-state index contributed by atoms with van der Waals surface area (Å²) in [7, 11) is 0. The van der Waals surface area contributed by atoms with Gasteiger partial charge in [-0.3, -0.25) is 14.5 Å². The van der Waals surface area contributed by atoms with Crippen LogP contribution in [0.1, 0.15) is 45.2 Å². The van der Waals surface area contributed by atoms with E-state index in [1.807, 2.05) is 12.1 Å². The van der Waals surface area contributed by atoms with Crippen LogP contribution in [0.2, 0.25) is 0 Å². The summed E-state index contributed by atoms with van der Waals surface area (Å²) in [6.45, 7) is 5.23. The van der Waals surface area contributed by atoms with Gasteiger partial charge >= 0.3 is 0 Å². The fourth-order valence-electron chi connectivity index (χ4n) is 2.61. The molecule has 1 aliphatic heterocycles. The Balaban J connectivity index is 2.46. The molecule has 1 unspecified atom stereocenters. The van der Waals surface area contributed by atoms with Gasteiger partial charge in [0.05, 0.1) is 5.69 Å². The Morgan fingerprint density at radius 3 is 2.68 bits per heavy atom. The lowest BCUT2D eigenvalue weighted by Crippen LogP contribution is -2.54. The van der Waals surface area contributed by atoms with E-state index in [1.54, 1.807) is 19.9 Å². The van der Waals surface area contributed by atoms with Gasteiger partial charge in [-0.1, -0.05) is 19.4 Å². The fourth-order valence-corrected chi connectivity index (χ4v) is 2.61. The van der Waals surface area contributed by atoms with Gasteiger partial charge in [-0.2, -0.15) is 0 Å². The highest BCUT2D eigenvalue weighted by Gasteiger charge is 2.41. The van der Waals surface area contributed by atoms with Crippen LogP contribution < -0.4 is 21.1 Å². The number of nitrogens with zero attached hydrogens (tertiary/aromatic N) is 1. The number of carbonyl (C=O) groups is 2. The molecule has 6 heteroatoms.